The van der Waals surface area contributed by atoms with Crippen LogP contribution in [0.2, 0.25) is 0 Å². The predicted octanol–water partition coefficient (Wildman–Crippen LogP) is 13.0. The van der Waals surface area contributed by atoms with Crippen LogP contribution in [0.15, 0.2) is 48.5 Å². The topological polar surface area (TPSA) is 36.9 Å². The largest absolute Gasteiger partial charge is 0.494 e. The van der Waals surface area contributed by atoms with Gasteiger partial charge in [0.2, 0.25) is 0 Å². The van der Waals surface area contributed by atoms with E-state index in [2.05, 4.69) is 69.3 Å². The van der Waals surface area contributed by atoms with Crippen molar-refractivity contribution in [2.45, 2.75) is 156 Å². The summed E-state index contributed by atoms with van der Waals surface area (Å²) < 4.78 is 23.7. The van der Waals surface area contributed by atoms with Gasteiger partial charge in [-0.1, -0.05) is 135 Å². The minimum absolute atomic E-state index is 0.608. The van der Waals surface area contributed by atoms with Gasteiger partial charge in [-0.2, -0.15) is 0 Å². The van der Waals surface area contributed by atoms with Crippen molar-refractivity contribution in [3.05, 3.63) is 48.5 Å². The van der Waals surface area contributed by atoms with E-state index >= 15 is 0 Å². The Balaban J connectivity index is 1.44. The van der Waals surface area contributed by atoms with Gasteiger partial charge in [0, 0.05) is 26.4 Å². The zero-order valence-corrected chi connectivity index (χ0v) is 30.9. The number of hydrogen-bond acceptors (Lipinski definition) is 4. The second-order valence-corrected chi connectivity index (χ2v) is 13.7. The standard InChI is InChI=1S/C43H72O4/c1-4-6-8-10-12-14-16-19-33-44-34-21-18-22-36-46-42-27-23-40(24-28-42)41-25-29-43(30-26-41)47-38-32-39(3)31-37-45-35-20-17-15-13-11-9-7-5-2/h23-30,39H,4-22,31-38H2,1-3H3. The first-order valence-electron chi connectivity index (χ1n) is 19.8. The molecule has 0 saturated carbocycles. The maximum atomic E-state index is 6.04. The molecule has 0 aliphatic heterocycles. The van der Waals surface area contributed by atoms with Crippen molar-refractivity contribution in [3.8, 4) is 22.6 Å². The zero-order valence-electron chi connectivity index (χ0n) is 30.9. The molecular formula is C43H72O4. The van der Waals surface area contributed by atoms with Gasteiger partial charge in [-0.3, -0.25) is 0 Å². The third-order valence-corrected chi connectivity index (χ3v) is 9.16. The maximum absolute atomic E-state index is 6.04. The second kappa shape index (κ2) is 30.1. The van der Waals surface area contributed by atoms with Crippen molar-refractivity contribution < 1.29 is 18.9 Å². The molecule has 268 valence electrons. The fourth-order valence-corrected chi connectivity index (χ4v) is 5.85. The normalized spacial score (nSPS) is 12.0. The van der Waals surface area contributed by atoms with Crippen LogP contribution in [-0.2, 0) is 9.47 Å². The van der Waals surface area contributed by atoms with Crippen LogP contribution in [0.1, 0.15) is 156 Å². The van der Waals surface area contributed by atoms with Crippen LogP contribution in [0.3, 0.4) is 0 Å². The van der Waals surface area contributed by atoms with E-state index in [0.29, 0.717) is 5.92 Å². The molecule has 2 rings (SSSR count). The Morgan fingerprint density at radius 1 is 0.383 bits per heavy atom. The molecule has 0 spiro atoms. The fourth-order valence-electron chi connectivity index (χ4n) is 5.85. The SMILES string of the molecule is CCCCCCCCCCOCCCCCOc1ccc(-c2ccc(OCCC(C)CCOCCCCCCCCCC)cc2)cc1. The lowest BCUT2D eigenvalue weighted by Crippen LogP contribution is -2.08. The third-order valence-electron chi connectivity index (χ3n) is 9.16. The molecule has 2 aromatic carbocycles. The van der Waals surface area contributed by atoms with Crippen LogP contribution < -0.4 is 9.47 Å². The number of hydrogen-bond donors (Lipinski definition) is 0. The smallest absolute Gasteiger partial charge is 0.119 e. The Hall–Kier alpha value is -2.04. The average Bonchev–Trinajstić information content (AvgIpc) is 3.09. The minimum atomic E-state index is 0.608. The lowest BCUT2D eigenvalue weighted by Gasteiger charge is -2.13. The molecule has 1 unspecified atom stereocenters. The van der Waals surface area contributed by atoms with Gasteiger partial charge in [-0.05, 0) is 86.3 Å². The van der Waals surface area contributed by atoms with E-state index < -0.39 is 0 Å². The highest BCUT2D eigenvalue weighted by Gasteiger charge is 2.05. The van der Waals surface area contributed by atoms with Crippen molar-refractivity contribution in [1.29, 1.82) is 0 Å². The summed E-state index contributed by atoms with van der Waals surface area (Å²) in [6, 6.07) is 16.9. The van der Waals surface area contributed by atoms with Gasteiger partial charge in [0.25, 0.3) is 0 Å². The van der Waals surface area contributed by atoms with Gasteiger partial charge in [0.05, 0.1) is 13.2 Å². The molecule has 0 amide bonds. The molecular weight excluding hydrogens is 580 g/mol. The molecule has 4 heteroatoms. The molecule has 2 aromatic rings. The number of ether oxygens (including phenoxy) is 4. The van der Waals surface area contributed by atoms with Crippen molar-refractivity contribution >= 4 is 0 Å². The van der Waals surface area contributed by atoms with E-state index in [9.17, 15) is 0 Å². The van der Waals surface area contributed by atoms with Crippen LogP contribution in [-0.4, -0.2) is 39.6 Å². The quantitative estimate of drug-likeness (QED) is 0.0719. The van der Waals surface area contributed by atoms with Gasteiger partial charge in [-0.25, -0.2) is 0 Å². The first kappa shape index (κ1) is 41.1. The molecule has 0 radical (unpaired) electrons. The molecule has 1 atom stereocenters. The second-order valence-electron chi connectivity index (χ2n) is 13.7. The van der Waals surface area contributed by atoms with Gasteiger partial charge < -0.3 is 18.9 Å². The van der Waals surface area contributed by atoms with E-state index in [0.717, 1.165) is 83.2 Å². The molecule has 0 aliphatic carbocycles. The Kier molecular flexibility index (Phi) is 26.3. The summed E-state index contributed by atoms with van der Waals surface area (Å²) in [5.41, 5.74) is 2.39. The summed E-state index contributed by atoms with van der Waals surface area (Å²) in [6.45, 7) is 11.9. The zero-order chi connectivity index (χ0) is 33.5. The first-order valence-corrected chi connectivity index (χ1v) is 19.8. The van der Waals surface area contributed by atoms with Crippen molar-refractivity contribution in [1.82, 2.24) is 0 Å². The monoisotopic (exact) mass is 653 g/mol. The van der Waals surface area contributed by atoms with E-state index in [1.807, 2.05) is 0 Å². The van der Waals surface area contributed by atoms with Crippen molar-refractivity contribution in [3.63, 3.8) is 0 Å². The van der Waals surface area contributed by atoms with Gasteiger partial charge >= 0.3 is 0 Å². The van der Waals surface area contributed by atoms with E-state index in [1.165, 1.54) is 114 Å². The summed E-state index contributed by atoms with van der Waals surface area (Å²) in [5, 5.41) is 0. The molecule has 0 aliphatic rings. The Bertz CT molecular complexity index is 926. The number of unbranched alkanes of at least 4 members (excludes halogenated alkanes) is 16. The minimum Gasteiger partial charge on any atom is -0.494 e. The molecule has 0 saturated heterocycles. The molecule has 0 N–H and O–H groups in total. The van der Waals surface area contributed by atoms with E-state index in [4.69, 9.17) is 18.9 Å². The third kappa shape index (κ3) is 23.0. The van der Waals surface area contributed by atoms with E-state index in [1.54, 1.807) is 0 Å². The molecule has 0 bridgehead atoms. The van der Waals surface area contributed by atoms with Crippen molar-refractivity contribution in [2.75, 3.05) is 39.6 Å². The van der Waals surface area contributed by atoms with Crippen LogP contribution >= 0.6 is 0 Å². The van der Waals surface area contributed by atoms with Crippen LogP contribution in [0, 0.1) is 5.92 Å². The Morgan fingerprint density at radius 3 is 1.19 bits per heavy atom. The first-order chi connectivity index (χ1) is 23.2. The van der Waals surface area contributed by atoms with Gasteiger partial charge in [0.1, 0.15) is 11.5 Å². The highest BCUT2D eigenvalue weighted by Crippen LogP contribution is 2.25. The Morgan fingerprint density at radius 2 is 0.723 bits per heavy atom. The van der Waals surface area contributed by atoms with Crippen molar-refractivity contribution in [2.24, 2.45) is 5.92 Å². The fraction of sp³-hybridized carbons (Fsp3) is 0.721. The average molecular weight is 653 g/mol. The van der Waals surface area contributed by atoms with Crippen LogP contribution in [0.5, 0.6) is 11.5 Å². The molecule has 0 fully saturated rings. The number of rotatable bonds is 33. The van der Waals surface area contributed by atoms with Crippen LogP contribution in [0.25, 0.3) is 11.1 Å². The Labute approximate surface area is 290 Å². The lowest BCUT2D eigenvalue weighted by atomic mass is 10.1. The summed E-state index contributed by atoms with van der Waals surface area (Å²) in [6.07, 6.45) is 27.1. The molecule has 4 nitrogen and oxygen atoms in total. The maximum Gasteiger partial charge on any atom is 0.119 e. The highest BCUT2D eigenvalue weighted by atomic mass is 16.5. The number of benzene rings is 2. The van der Waals surface area contributed by atoms with Gasteiger partial charge in [0.15, 0.2) is 0 Å². The van der Waals surface area contributed by atoms with Gasteiger partial charge in [-0.15, -0.1) is 0 Å². The van der Waals surface area contributed by atoms with E-state index in [-0.39, 0.29) is 0 Å². The molecule has 0 aromatic heterocycles. The molecule has 47 heavy (non-hydrogen) atoms. The lowest BCUT2D eigenvalue weighted by molar-refractivity contribution is 0.114. The van der Waals surface area contributed by atoms with Crippen LogP contribution in [0.4, 0.5) is 0 Å². The molecule has 0 heterocycles. The summed E-state index contributed by atoms with van der Waals surface area (Å²) in [4.78, 5) is 0. The summed E-state index contributed by atoms with van der Waals surface area (Å²) in [7, 11) is 0. The summed E-state index contributed by atoms with van der Waals surface area (Å²) in [5.74, 6) is 2.48. The highest BCUT2D eigenvalue weighted by molar-refractivity contribution is 5.64. The summed E-state index contributed by atoms with van der Waals surface area (Å²) >= 11 is 0. The predicted molar refractivity (Wildman–Crippen MR) is 202 cm³/mol.